The molecule has 0 heterocycles. The summed E-state index contributed by atoms with van der Waals surface area (Å²) in [6.45, 7) is 6.81. The fourth-order valence-electron chi connectivity index (χ4n) is 7.50. The fourth-order valence-corrected chi connectivity index (χ4v) is 7.50. The lowest BCUT2D eigenvalue weighted by molar-refractivity contribution is -0.127. The van der Waals surface area contributed by atoms with Gasteiger partial charge >= 0.3 is 0 Å². The van der Waals surface area contributed by atoms with Crippen LogP contribution in [0.1, 0.15) is 72.1 Å². The van der Waals surface area contributed by atoms with Crippen molar-refractivity contribution >= 4 is 5.78 Å². The first-order valence-electron chi connectivity index (χ1n) is 10.1. The number of hydrogen-bond donors (Lipinski definition) is 0. The van der Waals surface area contributed by atoms with E-state index in [1.807, 2.05) is 14.0 Å². The maximum Gasteiger partial charge on any atom is 0.133 e. The van der Waals surface area contributed by atoms with E-state index < -0.39 is 0 Å². The highest BCUT2D eigenvalue weighted by Gasteiger charge is 2.59. The summed E-state index contributed by atoms with van der Waals surface area (Å²) in [6.07, 6.45) is 12.9. The molecule has 0 bridgehead atoms. The number of carbonyl (C=O) groups is 1. The van der Waals surface area contributed by atoms with Crippen LogP contribution in [0.25, 0.3) is 0 Å². The molecule has 4 aliphatic carbocycles. The number of methoxy groups -OCH3 is 1. The minimum atomic E-state index is 0.276. The molecule has 0 spiro atoms. The zero-order chi connectivity index (χ0) is 17.1. The van der Waals surface area contributed by atoms with Crippen LogP contribution in [0.15, 0.2) is 11.6 Å². The van der Waals surface area contributed by atoms with Crippen molar-refractivity contribution < 1.29 is 9.53 Å². The van der Waals surface area contributed by atoms with Gasteiger partial charge in [0.1, 0.15) is 5.78 Å². The van der Waals surface area contributed by atoms with Crippen LogP contribution in [0.2, 0.25) is 0 Å². The molecule has 3 saturated carbocycles. The van der Waals surface area contributed by atoms with Gasteiger partial charge in [-0.1, -0.05) is 25.5 Å². The van der Waals surface area contributed by atoms with Crippen molar-refractivity contribution in [2.24, 2.45) is 34.5 Å². The Morgan fingerprint density at radius 1 is 1.12 bits per heavy atom. The molecule has 134 valence electrons. The topological polar surface area (TPSA) is 26.3 Å². The monoisotopic (exact) mass is 330 g/mol. The second-order valence-corrected chi connectivity index (χ2v) is 9.64. The van der Waals surface area contributed by atoms with E-state index in [9.17, 15) is 4.79 Å². The number of fused-ring (bicyclic) bond motifs is 5. The Bertz CT molecular complexity index is 564. The maximum absolute atomic E-state index is 12.2. The highest BCUT2D eigenvalue weighted by Crippen LogP contribution is 2.66. The first-order chi connectivity index (χ1) is 11.4. The summed E-state index contributed by atoms with van der Waals surface area (Å²) in [4.78, 5) is 12.2. The average molecular weight is 331 g/mol. The summed E-state index contributed by atoms with van der Waals surface area (Å²) in [6, 6.07) is 0. The third kappa shape index (κ3) is 2.21. The molecule has 0 aromatic carbocycles. The van der Waals surface area contributed by atoms with Gasteiger partial charge in [-0.05, 0) is 86.9 Å². The number of ketones is 1. The number of carbonyl (C=O) groups excluding carboxylic acids is 1. The standard InChI is InChI=1S/C22H34O2/c1-14(23)18-7-8-19-17-6-5-15-13-16(24-4)9-11-21(15,2)20(17)10-12-22(18,19)3/h5,16-20H,6-13H2,1-4H3/t16-,17?,18?,19?,20?,21?,22?/m0/s1. The van der Waals surface area contributed by atoms with Crippen molar-refractivity contribution in [2.45, 2.75) is 78.2 Å². The largest absolute Gasteiger partial charge is 0.381 e. The second kappa shape index (κ2) is 5.69. The van der Waals surface area contributed by atoms with Crippen LogP contribution >= 0.6 is 0 Å². The Morgan fingerprint density at radius 3 is 2.62 bits per heavy atom. The quantitative estimate of drug-likeness (QED) is 0.653. The normalized spacial score (nSPS) is 50.5. The molecule has 3 fully saturated rings. The van der Waals surface area contributed by atoms with Gasteiger partial charge < -0.3 is 4.74 Å². The summed E-state index contributed by atoms with van der Waals surface area (Å²) in [7, 11) is 1.87. The molecule has 6 unspecified atom stereocenters. The maximum atomic E-state index is 12.2. The molecule has 2 heteroatoms. The molecule has 0 aromatic rings. The zero-order valence-corrected chi connectivity index (χ0v) is 15.9. The van der Waals surface area contributed by atoms with E-state index in [-0.39, 0.29) is 5.41 Å². The lowest BCUT2D eigenvalue weighted by Crippen LogP contribution is -2.51. The Kier molecular flexibility index (Phi) is 3.99. The lowest BCUT2D eigenvalue weighted by Gasteiger charge is -2.58. The average Bonchev–Trinajstić information content (AvgIpc) is 2.91. The molecule has 0 saturated heterocycles. The van der Waals surface area contributed by atoms with Gasteiger partial charge in [0.15, 0.2) is 0 Å². The minimum absolute atomic E-state index is 0.276. The van der Waals surface area contributed by atoms with Gasteiger partial charge in [-0.15, -0.1) is 0 Å². The predicted octanol–water partition coefficient (Wildman–Crippen LogP) is 5.17. The van der Waals surface area contributed by atoms with Gasteiger partial charge in [-0.25, -0.2) is 0 Å². The van der Waals surface area contributed by atoms with Crippen LogP contribution in [0.5, 0.6) is 0 Å². The van der Waals surface area contributed by atoms with E-state index in [2.05, 4.69) is 19.9 Å². The highest BCUT2D eigenvalue weighted by molar-refractivity contribution is 5.79. The summed E-state index contributed by atoms with van der Waals surface area (Å²) >= 11 is 0. The number of ether oxygens (including phenoxy) is 1. The summed E-state index contributed by atoms with van der Waals surface area (Å²) < 4.78 is 5.67. The number of hydrogen-bond acceptors (Lipinski definition) is 2. The van der Waals surface area contributed by atoms with Crippen molar-refractivity contribution in [3.05, 3.63) is 11.6 Å². The van der Waals surface area contributed by atoms with Crippen molar-refractivity contribution in [3.63, 3.8) is 0 Å². The smallest absolute Gasteiger partial charge is 0.133 e. The van der Waals surface area contributed by atoms with E-state index >= 15 is 0 Å². The Morgan fingerprint density at radius 2 is 1.92 bits per heavy atom. The van der Waals surface area contributed by atoms with Crippen molar-refractivity contribution in [3.8, 4) is 0 Å². The molecular formula is C22H34O2. The minimum Gasteiger partial charge on any atom is -0.381 e. The summed E-state index contributed by atoms with van der Waals surface area (Å²) in [5.74, 6) is 3.17. The number of rotatable bonds is 2. The molecule has 0 radical (unpaired) electrons. The molecule has 2 nitrogen and oxygen atoms in total. The molecule has 0 aliphatic heterocycles. The Labute approximate surface area is 147 Å². The van der Waals surface area contributed by atoms with Gasteiger partial charge in [-0.2, -0.15) is 0 Å². The van der Waals surface area contributed by atoms with Crippen molar-refractivity contribution in [2.75, 3.05) is 7.11 Å². The van der Waals surface area contributed by atoms with E-state index in [0.29, 0.717) is 23.2 Å². The van der Waals surface area contributed by atoms with Gasteiger partial charge in [-0.3, -0.25) is 4.79 Å². The van der Waals surface area contributed by atoms with Crippen molar-refractivity contribution in [1.82, 2.24) is 0 Å². The van der Waals surface area contributed by atoms with Crippen LogP contribution in [0.3, 0.4) is 0 Å². The van der Waals surface area contributed by atoms with E-state index in [0.717, 1.165) is 30.6 Å². The molecule has 0 amide bonds. The van der Waals surface area contributed by atoms with E-state index in [1.165, 1.54) is 38.5 Å². The van der Waals surface area contributed by atoms with E-state index in [1.54, 1.807) is 5.57 Å². The molecule has 4 aliphatic rings. The fraction of sp³-hybridized carbons (Fsp3) is 0.864. The lowest BCUT2D eigenvalue weighted by atomic mass is 9.47. The second-order valence-electron chi connectivity index (χ2n) is 9.64. The van der Waals surface area contributed by atoms with Crippen LogP contribution < -0.4 is 0 Å². The molecule has 24 heavy (non-hydrogen) atoms. The van der Waals surface area contributed by atoms with Gasteiger partial charge in [0.05, 0.1) is 6.10 Å². The first kappa shape index (κ1) is 16.8. The zero-order valence-electron chi connectivity index (χ0n) is 15.9. The summed E-state index contributed by atoms with van der Waals surface area (Å²) in [5, 5.41) is 0. The third-order valence-electron chi connectivity index (χ3n) is 8.88. The molecule has 7 atom stereocenters. The molecule has 0 N–H and O–H groups in total. The van der Waals surface area contributed by atoms with Crippen LogP contribution in [0, 0.1) is 34.5 Å². The van der Waals surface area contributed by atoms with Crippen molar-refractivity contribution in [1.29, 1.82) is 0 Å². The van der Waals surface area contributed by atoms with Crippen LogP contribution in [-0.2, 0) is 9.53 Å². The Hall–Kier alpha value is -0.630. The van der Waals surface area contributed by atoms with E-state index in [4.69, 9.17) is 4.74 Å². The SMILES string of the molecule is CO[C@H]1CCC2(C)C(=CCC3C2CCC2(C)C(C(C)=O)CCC32)C1. The first-order valence-corrected chi connectivity index (χ1v) is 10.1. The number of allylic oxidation sites excluding steroid dienone is 1. The van der Waals surface area contributed by atoms with Gasteiger partial charge in [0, 0.05) is 13.0 Å². The van der Waals surface area contributed by atoms with Gasteiger partial charge in [0.25, 0.3) is 0 Å². The summed E-state index contributed by atoms with van der Waals surface area (Å²) in [5.41, 5.74) is 2.36. The molecular weight excluding hydrogens is 296 g/mol. The number of Topliss-reactive ketones (excluding diaryl/α,β-unsaturated/α-hetero) is 1. The highest BCUT2D eigenvalue weighted by atomic mass is 16.5. The Balaban J connectivity index is 1.63. The molecule has 0 aromatic heterocycles. The van der Waals surface area contributed by atoms with Crippen LogP contribution in [-0.4, -0.2) is 19.0 Å². The third-order valence-corrected chi connectivity index (χ3v) is 8.88. The predicted molar refractivity (Wildman–Crippen MR) is 96.7 cm³/mol. The molecule has 4 rings (SSSR count). The van der Waals surface area contributed by atoms with Gasteiger partial charge in [0.2, 0.25) is 0 Å². The van der Waals surface area contributed by atoms with Crippen LogP contribution in [0.4, 0.5) is 0 Å².